The Balaban J connectivity index is 1.99. The van der Waals surface area contributed by atoms with Crippen LogP contribution in [0.25, 0.3) is 0 Å². The second-order valence-electron chi connectivity index (χ2n) is 6.13. The molecule has 0 N–H and O–H groups in total. The number of ether oxygens (including phenoxy) is 2. The Morgan fingerprint density at radius 1 is 1.39 bits per heavy atom. The second-order valence-corrected chi connectivity index (χ2v) is 6.13. The van der Waals surface area contributed by atoms with E-state index in [1.807, 2.05) is 44.2 Å². The maximum absolute atomic E-state index is 13.1. The van der Waals surface area contributed by atoms with Crippen molar-refractivity contribution in [3.63, 3.8) is 0 Å². The van der Waals surface area contributed by atoms with E-state index in [1.165, 1.54) is 0 Å². The lowest BCUT2D eigenvalue weighted by Crippen LogP contribution is -2.46. The highest BCUT2D eigenvalue weighted by Crippen LogP contribution is 2.47. The average molecular weight is 315 g/mol. The third-order valence-corrected chi connectivity index (χ3v) is 4.51. The van der Waals surface area contributed by atoms with Gasteiger partial charge in [-0.3, -0.25) is 14.5 Å². The summed E-state index contributed by atoms with van der Waals surface area (Å²) in [6, 6.07) is 9.56. The van der Waals surface area contributed by atoms with Crippen LogP contribution in [0.2, 0.25) is 0 Å². The Morgan fingerprint density at radius 3 is 2.70 bits per heavy atom. The van der Waals surface area contributed by atoms with Crippen molar-refractivity contribution in [2.45, 2.75) is 27.0 Å². The van der Waals surface area contributed by atoms with Crippen molar-refractivity contribution >= 4 is 11.9 Å². The van der Waals surface area contributed by atoms with E-state index in [0.29, 0.717) is 6.61 Å². The van der Waals surface area contributed by atoms with Crippen molar-refractivity contribution in [2.24, 2.45) is 11.3 Å². The summed E-state index contributed by atoms with van der Waals surface area (Å²) < 4.78 is 11.0. The van der Waals surface area contributed by atoms with Crippen LogP contribution in [0.3, 0.4) is 0 Å². The van der Waals surface area contributed by atoms with Gasteiger partial charge in [-0.1, -0.05) is 44.2 Å². The van der Waals surface area contributed by atoms with Gasteiger partial charge in [0, 0.05) is 11.3 Å². The zero-order chi connectivity index (χ0) is 16.6. The quantitative estimate of drug-likeness (QED) is 0.633. The minimum absolute atomic E-state index is 0.191. The second kappa shape index (κ2) is 5.81. The van der Waals surface area contributed by atoms with Crippen LogP contribution >= 0.6 is 0 Å². The highest BCUT2D eigenvalue weighted by Gasteiger charge is 2.58. The van der Waals surface area contributed by atoms with Gasteiger partial charge in [0.15, 0.2) is 11.6 Å². The Kier molecular flexibility index (Phi) is 3.98. The van der Waals surface area contributed by atoms with Crippen LogP contribution in [0.15, 0.2) is 42.1 Å². The predicted octanol–water partition coefficient (Wildman–Crippen LogP) is 2.65. The molecule has 0 unspecified atom stereocenters. The Bertz CT molecular complexity index is 652. The standard InChI is InChI=1S/C18H21NO4/c1-4-22-17(21)18(12(2)3)10-14-11-23-15(19(14)16(18)20)13-8-6-5-7-9-13/h5-10,12,15H,4,11H2,1-3H3/t15-,18+/m1/s1. The first-order valence-corrected chi connectivity index (χ1v) is 7.91. The van der Waals surface area contributed by atoms with Crippen LogP contribution in [0.5, 0.6) is 0 Å². The molecule has 0 saturated carbocycles. The van der Waals surface area contributed by atoms with Gasteiger partial charge < -0.3 is 9.47 Å². The number of hydrogen-bond donors (Lipinski definition) is 0. The third kappa shape index (κ3) is 2.27. The smallest absolute Gasteiger partial charge is 0.325 e. The number of amides is 1. The summed E-state index contributed by atoms with van der Waals surface area (Å²) in [6.45, 7) is 6.05. The monoisotopic (exact) mass is 315 g/mol. The summed E-state index contributed by atoms with van der Waals surface area (Å²) in [5.74, 6) is -0.926. The normalized spacial score (nSPS) is 26.4. The summed E-state index contributed by atoms with van der Waals surface area (Å²) in [7, 11) is 0. The van der Waals surface area contributed by atoms with Gasteiger partial charge in [0.05, 0.1) is 13.2 Å². The molecule has 0 bridgehead atoms. The number of fused-ring (bicyclic) bond motifs is 1. The van der Waals surface area contributed by atoms with Crippen molar-refractivity contribution in [3.8, 4) is 0 Å². The lowest BCUT2D eigenvalue weighted by molar-refractivity contribution is -0.164. The highest BCUT2D eigenvalue weighted by molar-refractivity contribution is 6.08. The van der Waals surface area contributed by atoms with Crippen LogP contribution < -0.4 is 0 Å². The van der Waals surface area contributed by atoms with E-state index in [9.17, 15) is 9.59 Å². The molecule has 2 aliphatic rings. The Morgan fingerprint density at radius 2 is 2.09 bits per heavy atom. The summed E-state index contributed by atoms with van der Waals surface area (Å²) >= 11 is 0. The fourth-order valence-electron chi connectivity index (χ4n) is 3.24. The van der Waals surface area contributed by atoms with Crippen LogP contribution in [0.4, 0.5) is 0 Å². The van der Waals surface area contributed by atoms with E-state index in [2.05, 4.69) is 0 Å². The molecule has 3 rings (SSSR count). The molecule has 1 saturated heterocycles. The molecule has 2 heterocycles. The maximum Gasteiger partial charge on any atom is 0.325 e. The molecule has 0 aliphatic carbocycles. The molecule has 5 heteroatoms. The van der Waals surface area contributed by atoms with E-state index in [1.54, 1.807) is 17.9 Å². The molecule has 1 aromatic rings. The summed E-state index contributed by atoms with van der Waals surface area (Å²) in [4.78, 5) is 27.3. The number of carbonyl (C=O) groups excluding carboxylic acids is 2. The van der Waals surface area contributed by atoms with E-state index < -0.39 is 17.6 Å². The number of esters is 1. The number of nitrogens with zero attached hydrogens (tertiary/aromatic N) is 1. The van der Waals surface area contributed by atoms with Gasteiger partial charge in [-0.05, 0) is 18.9 Å². The number of rotatable bonds is 4. The van der Waals surface area contributed by atoms with Gasteiger partial charge in [0.25, 0.3) is 5.91 Å². The number of hydrogen-bond acceptors (Lipinski definition) is 4. The molecule has 122 valence electrons. The molecule has 23 heavy (non-hydrogen) atoms. The molecule has 1 amide bonds. The van der Waals surface area contributed by atoms with Crippen molar-refractivity contribution in [1.82, 2.24) is 4.90 Å². The zero-order valence-electron chi connectivity index (χ0n) is 13.6. The largest absolute Gasteiger partial charge is 0.465 e. The zero-order valence-corrected chi connectivity index (χ0v) is 13.6. The minimum atomic E-state index is -1.25. The van der Waals surface area contributed by atoms with Crippen LogP contribution in [-0.4, -0.2) is 30.0 Å². The molecule has 5 nitrogen and oxygen atoms in total. The van der Waals surface area contributed by atoms with E-state index in [-0.39, 0.29) is 18.4 Å². The Hall–Kier alpha value is -2.14. The third-order valence-electron chi connectivity index (χ3n) is 4.51. The van der Waals surface area contributed by atoms with Crippen LogP contribution in [0, 0.1) is 11.3 Å². The van der Waals surface area contributed by atoms with Gasteiger partial charge in [-0.15, -0.1) is 0 Å². The fourth-order valence-corrected chi connectivity index (χ4v) is 3.24. The fraction of sp³-hybridized carbons (Fsp3) is 0.444. The lowest BCUT2D eigenvalue weighted by atomic mass is 9.77. The first kappa shape index (κ1) is 15.7. The average Bonchev–Trinajstić information content (AvgIpc) is 3.07. The SMILES string of the molecule is CCOC(=O)[C@]1(C(C)C)C=C2CO[C@H](c3ccccc3)N2C1=O. The van der Waals surface area contributed by atoms with E-state index in [4.69, 9.17) is 9.47 Å². The van der Waals surface area contributed by atoms with Crippen LogP contribution in [0.1, 0.15) is 32.6 Å². The minimum Gasteiger partial charge on any atom is -0.465 e. The van der Waals surface area contributed by atoms with Crippen molar-refractivity contribution in [2.75, 3.05) is 13.2 Å². The van der Waals surface area contributed by atoms with Gasteiger partial charge >= 0.3 is 5.97 Å². The van der Waals surface area contributed by atoms with Crippen LogP contribution in [-0.2, 0) is 19.1 Å². The molecule has 1 aromatic carbocycles. The topological polar surface area (TPSA) is 55.8 Å². The molecular formula is C18H21NO4. The van der Waals surface area contributed by atoms with Crippen molar-refractivity contribution in [1.29, 1.82) is 0 Å². The molecule has 1 fully saturated rings. The lowest BCUT2D eigenvalue weighted by Gasteiger charge is -2.30. The van der Waals surface area contributed by atoms with Gasteiger partial charge in [0.1, 0.15) is 0 Å². The number of carbonyl (C=O) groups is 2. The van der Waals surface area contributed by atoms with Gasteiger partial charge in [-0.2, -0.15) is 0 Å². The summed E-state index contributed by atoms with van der Waals surface area (Å²) in [6.07, 6.45) is 1.26. The van der Waals surface area contributed by atoms with Crippen molar-refractivity contribution in [3.05, 3.63) is 47.7 Å². The first-order chi connectivity index (χ1) is 11.0. The highest BCUT2D eigenvalue weighted by atomic mass is 16.5. The predicted molar refractivity (Wildman–Crippen MR) is 84.0 cm³/mol. The molecular weight excluding hydrogens is 294 g/mol. The first-order valence-electron chi connectivity index (χ1n) is 7.91. The van der Waals surface area contributed by atoms with Gasteiger partial charge in [0.2, 0.25) is 0 Å². The Labute approximate surface area is 135 Å². The van der Waals surface area contributed by atoms with Crippen molar-refractivity contribution < 1.29 is 19.1 Å². The molecule has 0 aromatic heterocycles. The molecule has 0 spiro atoms. The van der Waals surface area contributed by atoms with Gasteiger partial charge in [-0.25, -0.2) is 0 Å². The molecule has 2 atom stereocenters. The number of benzene rings is 1. The maximum atomic E-state index is 13.1. The van der Waals surface area contributed by atoms with E-state index in [0.717, 1.165) is 11.3 Å². The van der Waals surface area contributed by atoms with E-state index >= 15 is 0 Å². The summed E-state index contributed by atoms with van der Waals surface area (Å²) in [5, 5.41) is 0. The summed E-state index contributed by atoms with van der Waals surface area (Å²) in [5.41, 5.74) is 0.389. The molecule has 2 aliphatic heterocycles. The molecule has 0 radical (unpaired) electrons.